The normalized spacial score (nSPS) is 10.5. The van der Waals surface area contributed by atoms with Gasteiger partial charge in [-0.1, -0.05) is 0 Å². The highest BCUT2D eigenvalue weighted by atomic mass is 32.1. The zero-order chi connectivity index (χ0) is 13.8. The molecule has 0 saturated carbocycles. The van der Waals surface area contributed by atoms with Crippen LogP contribution in [-0.2, 0) is 11.4 Å². The molecule has 2 N–H and O–H groups in total. The van der Waals surface area contributed by atoms with Gasteiger partial charge in [0.2, 0.25) is 0 Å². The Hall–Kier alpha value is -1.63. The number of nitrogens with two attached hydrogens (primary N) is 1. The number of nitrogens with zero attached hydrogens (tertiary/aromatic N) is 1. The van der Waals surface area contributed by atoms with Crippen molar-refractivity contribution >= 4 is 11.3 Å². The molecule has 1 aromatic carbocycles. The van der Waals surface area contributed by atoms with E-state index in [1.165, 1.54) is 0 Å². The molecule has 5 nitrogen and oxygen atoms in total. The van der Waals surface area contributed by atoms with Gasteiger partial charge in [-0.05, 0) is 25.1 Å². The van der Waals surface area contributed by atoms with Crippen LogP contribution in [-0.4, -0.2) is 19.2 Å². The van der Waals surface area contributed by atoms with Gasteiger partial charge in [-0.2, -0.15) is 0 Å². The largest absolute Gasteiger partial charge is 0.497 e. The lowest BCUT2D eigenvalue weighted by molar-refractivity contribution is 0.124. The first-order valence-corrected chi connectivity index (χ1v) is 6.51. The van der Waals surface area contributed by atoms with Gasteiger partial charge in [0.05, 0.1) is 19.9 Å². The van der Waals surface area contributed by atoms with Gasteiger partial charge in [-0.3, -0.25) is 4.84 Å². The second kappa shape index (κ2) is 6.01. The van der Waals surface area contributed by atoms with Crippen LogP contribution in [0.3, 0.4) is 0 Å². The van der Waals surface area contributed by atoms with Gasteiger partial charge >= 0.3 is 0 Å². The molecule has 1 heterocycles. The lowest BCUT2D eigenvalue weighted by atomic mass is 10.1. The van der Waals surface area contributed by atoms with Crippen molar-refractivity contribution < 1.29 is 14.3 Å². The fraction of sp³-hybridized carbons (Fsp3) is 0.308. The lowest BCUT2D eigenvalue weighted by Crippen LogP contribution is -1.98. The Bertz CT molecular complexity index is 569. The van der Waals surface area contributed by atoms with E-state index in [1.54, 1.807) is 25.6 Å². The van der Waals surface area contributed by atoms with E-state index in [0.29, 0.717) is 6.61 Å². The number of methoxy groups -OCH3 is 2. The number of thiazole rings is 1. The Morgan fingerprint density at radius 2 is 2.05 bits per heavy atom. The van der Waals surface area contributed by atoms with Crippen LogP contribution in [0.15, 0.2) is 18.2 Å². The maximum Gasteiger partial charge on any atom is 0.128 e. The SMILES string of the molecule is COc1ccc(OC)c(-c2nc(CON)sc2C)c1. The molecule has 0 amide bonds. The van der Waals surface area contributed by atoms with Gasteiger partial charge in [0.1, 0.15) is 23.1 Å². The van der Waals surface area contributed by atoms with E-state index in [-0.39, 0.29) is 0 Å². The smallest absolute Gasteiger partial charge is 0.128 e. The molecule has 0 aliphatic heterocycles. The zero-order valence-electron chi connectivity index (χ0n) is 11.1. The number of benzene rings is 1. The van der Waals surface area contributed by atoms with Gasteiger partial charge in [0, 0.05) is 10.4 Å². The highest BCUT2D eigenvalue weighted by Crippen LogP contribution is 2.36. The van der Waals surface area contributed by atoms with E-state index < -0.39 is 0 Å². The molecule has 6 heteroatoms. The average molecular weight is 280 g/mol. The Labute approximate surface area is 115 Å². The maximum absolute atomic E-state index is 5.38. The maximum atomic E-state index is 5.38. The van der Waals surface area contributed by atoms with E-state index in [2.05, 4.69) is 9.82 Å². The van der Waals surface area contributed by atoms with Crippen molar-refractivity contribution in [1.82, 2.24) is 4.98 Å². The zero-order valence-corrected chi connectivity index (χ0v) is 11.9. The molecule has 102 valence electrons. The Morgan fingerprint density at radius 3 is 2.68 bits per heavy atom. The minimum Gasteiger partial charge on any atom is -0.497 e. The van der Waals surface area contributed by atoms with Crippen molar-refractivity contribution in [1.29, 1.82) is 0 Å². The predicted molar refractivity (Wildman–Crippen MR) is 74.4 cm³/mol. The van der Waals surface area contributed by atoms with Crippen molar-refractivity contribution in [2.75, 3.05) is 14.2 Å². The highest BCUT2D eigenvalue weighted by molar-refractivity contribution is 7.12. The van der Waals surface area contributed by atoms with E-state index in [9.17, 15) is 0 Å². The molecule has 0 radical (unpaired) electrons. The minimum atomic E-state index is 0.303. The van der Waals surface area contributed by atoms with Crippen LogP contribution in [0.25, 0.3) is 11.3 Å². The summed E-state index contributed by atoms with van der Waals surface area (Å²) in [7, 11) is 3.27. The first kappa shape index (κ1) is 13.8. The molecule has 2 rings (SSSR count). The standard InChI is InChI=1S/C13H16N2O3S/c1-8-13(15-12(19-8)7-18-14)10-6-9(16-2)4-5-11(10)17-3/h4-6H,7,14H2,1-3H3. The van der Waals surface area contributed by atoms with Gasteiger partial charge in [-0.15, -0.1) is 11.3 Å². The summed E-state index contributed by atoms with van der Waals surface area (Å²) in [5, 5.41) is 0.833. The summed E-state index contributed by atoms with van der Waals surface area (Å²) in [5.41, 5.74) is 1.77. The van der Waals surface area contributed by atoms with Crippen molar-refractivity contribution in [3.05, 3.63) is 28.1 Å². The van der Waals surface area contributed by atoms with Crippen LogP contribution in [0.2, 0.25) is 0 Å². The second-order valence-electron chi connectivity index (χ2n) is 3.89. The Kier molecular flexibility index (Phi) is 4.36. The molecule has 0 fully saturated rings. The van der Waals surface area contributed by atoms with Crippen LogP contribution in [0.4, 0.5) is 0 Å². The minimum absolute atomic E-state index is 0.303. The molecule has 1 aromatic heterocycles. The van der Waals surface area contributed by atoms with Crippen LogP contribution in [0.5, 0.6) is 11.5 Å². The third-order valence-corrected chi connectivity index (χ3v) is 3.65. The summed E-state index contributed by atoms with van der Waals surface area (Å²) in [6.45, 7) is 2.31. The van der Waals surface area contributed by atoms with Crippen LogP contribution in [0.1, 0.15) is 9.88 Å². The number of aryl methyl sites for hydroxylation is 1. The van der Waals surface area contributed by atoms with E-state index in [1.807, 2.05) is 25.1 Å². The Morgan fingerprint density at radius 1 is 1.26 bits per heavy atom. The third kappa shape index (κ3) is 2.86. The molecule has 0 saturated heterocycles. The van der Waals surface area contributed by atoms with Crippen LogP contribution < -0.4 is 15.4 Å². The topological polar surface area (TPSA) is 66.6 Å². The van der Waals surface area contributed by atoms with Crippen molar-refractivity contribution in [3.8, 4) is 22.8 Å². The van der Waals surface area contributed by atoms with Gasteiger partial charge in [0.25, 0.3) is 0 Å². The summed E-state index contributed by atoms with van der Waals surface area (Å²) < 4.78 is 10.6. The number of ether oxygens (including phenoxy) is 2. The van der Waals surface area contributed by atoms with E-state index in [4.69, 9.17) is 15.4 Å². The molecule has 0 aliphatic carbocycles. The van der Waals surface area contributed by atoms with E-state index in [0.717, 1.165) is 32.6 Å². The van der Waals surface area contributed by atoms with E-state index >= 15 is 0 Å². The van der Waals surface area contributed by atoms with Gasteiger partial charge < -0.3 is 9.47 Å². The fourth-order valence-electron chi connectivity index (χ4n) is 1.83. The molecule has 0 spiro atoms. The summed E-state index contributed by atoms with van der Waals surface area (Å²) in [6, 6.07) is 5.63. The van der Waals surface area contributed by atoms with Crippen molar-refractivity contribution in [3.63, 3.8) is 0 Å². The fourth-order valence-corrected chi connectivity index (χ4v) is 2.70. The quantitative estimate of drug-likeness (QED) is 0.852. The number of aromatic nitrogens is 1. The number of rotatable bonds is 5. The Balaban J connectivity index is 2.50. The highest BCUT2D eigenvalue weighted by Gasteiger charge is 2.15. The molecular weight excluding hydrogens is 264 g/mol. The first-order valence-electron chi connectivity index (χ1n) is 5.70. The summed E-state index contributed by atoms with van der Waals surface area (Å²) >= 11 is 1.55. The van der Waals surface area contributed by atoms with Crippen LogP contribution >= 0.6 is 11.3 Å². The molecule has 0 aliphatic rings. The van der Waals surface area contributed by atoms with Crippen molar-refractivity contribution in [2.45, 2.75) is 13.5 Å². The third-order valence-electron chi connectivity index (χ3n) is 2.71. The van der Waals surface area contributed by atoms with Crippen LogP contribution in [0, 0.1) is 6.92 Å². The molecule has 0 unspecified atom stereocenters. The lowest BCUT2D eigenvalue weighted by Gasteiger charge is -2.09. The molecule has 19 heavy (non-hydrogen) atoms. The van der Waals surface area contributed by atoms with Gasteiger partial charge in [0.15, 0.2) is 0 Å². The molecule has 2 aromatic rings. The van der Waals surface area contributed by atoms with Crippen molar-refractivity contribution in [2.24, 2.45) is 5.90 Å². The molecular formula is C13H16N2O3S. The molecule has 0 bridgehead atoms. The van der Waals surface area contributed by atoms with Gasteiger partial charge in [-0.25, -0.2) is 10.9 Å². The first-order chi connectivity index (χ1) is 9.19. The number of hydrogen-bond acceptors (Lipinski definition) is 6. The summed E-state index contributed by atoms with van der Waals surface area (Å²) in [4.78, 5) is 10.2. The number of hydrogen-bond donors (Lipinski definition) is 1. The average Bonchev–Trinajstić information content (AvgIpc) is 2.79. The second-order valence-corrected chi connectivity index (χ2v) is 5.18. The monoisotopic (exact) mass is 280 g/mol. The summed E-state index contributed by atoms with van der Waals surface area (Å²) in [6.07, 6.45) is 0. The molecule has 0 atom stereocenters. The summed E-state index contributed by atoms with van der Waals surface area (Å²) in [5.74, 6) is 6.60. The predicted octanol–water partition coefficient (Wildman–Crippen LogP) is 2.53.